The fourth-order valence-electron chi connectivity index (χ4n) is 3.60. The molecule has 0 aliphatic heterocycles. The number of amides is 2. The van der Waals surface area contributed by atoms with Gasteiger partial charge < -0.3 is 10.1 Å². The fourth-order valence-corrected chi connectivity index (χ4v) is 3.60. The quantitative estimate of drug-likeness (QED) is 0.159. The van der Waals surface area contributed by atoms with Gasteiger partial charge in [0.2, 0.25) is 0 Å². The summed E-state index contributed by atoms with van der Waals surface area (Å²) in [6.45, 7) is 0. The SMILES string of the molecule is COc1ccc2ccccc2c1/C=N\NC(=O)/C(=C\c1ccc([N+](=O)[O-])cc1)NC(=O)c1ccccc1. The first-order valence-electron chi connectivity index (χ1n) is 11.2. The van der Waals surface area contributed by atoms with Crippen molar-refractivity contribution in [1.82, 2.24) is 10.7 Å². The van der Waals surface area contributed by atoms with Gasteiger partial charge in [-0.25, -0.2) is 5.43 Å². The molecule has 0 heterocycles. The number of carbonyl (C=O) groups excluding carboxylic acids is 2. The maximum Gasteiger partial charge on any atom is 0.287 e. The fraction of sp³-hybridized carbons (Fsp3) is 0.0357. The number of rotatable bonds is 8. The second-order valence-electron chi connectivity index (χ2n) is 7.83. The zero-order valence-corrected chi connectivity index (χ0v) is 19.8. The number of carbonyl (C=O) groups is 2. The van der Waals surface area contributed by atoms with E-state index in [0.717, 1.165) is 10.8 Å². The molecule has 37 heavy (non-hydrogen) atoms. The number of ether oxygens (including phenoxy) is 1. The zero-order chi connectivity index (χ0) is 26.2. The lowest BCUT2D eigenvalue weighted by Gasteiger charge is -2.10. The molecule has 0 radical (unpaired) electrons. The van der Waals surface area contributed by atoms with Crippen molar-refractivity contribution in [2.45, 2.75) is 0 Å². The molecule has 0 fully saturated rings. The lowest BCUT2D eigenvalue weighted by atomic mass is 10.0. The number of nitrogens with one attached hydrogen (secondary N) is 2. The first-order chi connectivity index (χ1) is 18.0. The van der Waals surface area contributed by atoms with Crippen LogP contribution in [-0.2, 0) is 4.79 Å². The summed E-state index contributed by atoms with van der Waals surface area (Å²) in [6, 6.07) is 25.4. The van der Waals surface area contributed by atoms with Gasteiger partial charge in [-0.3, -0.25) is 19.7 Å². The van der Waals surface area contributed by atoms with Crippen molar-refractivity contribution < 1.29 is 19.2 Å². The molecule has 9 nitrogen and oxygen atoms in total. The van der Waals surface area contributed by atoms with Crippen molar-refractivity contribution in [3.8, 4) is 5.75 Å². The average molecular weight is 495 g/mol. The van der Waals surface area contributed by atoms with Crippen LogP contribution < -0.4 is 15.5 Å². The number of hydrogen-bond acceptors (Lipinski definition) is 6. The van der Waals surface area contributed by atoms with Gasteiger partial charge in [0.05, 0.1) is 18.2 Å². The van der Waals surface area contributed by atoms with Crippen molar-refractivity contribution in [1.29, 1.82) is 0 Å². The van der Waals surface area contributed by atoms with E-state index in [-0.39, 0.29) is 11.4 Å². The minimum atomic E-state index is -0.682. The Kier molecular flexibility index (Phi) is 7.65. The number of hydrazone groups is 1. The van der Waals surface area contributed by atoms with E-state index in [1.807, 2.05) is 36.4 Å². The Balaban J connectivity index is 1.61. The molecule has 0 aromatic heterocycles. The van der Waals surface area contributed by atoms with Gasteiger partial charge >= 0.3 is 0 Å². The highest BCUT2D eigenvalue weighted by Crippen LogP contribution is 2.26. The predicted molar refractivity (Wildman–Crippen MR) is 141 cm³/mol. The molecular weight excluding hydrogens is 472 g/mol. The lowest BCUT2D eigenvalue weighted by Crippen LogP contribution is -2.32. The van der Waals surface area contributed by atoms with E-state index in [4.69, 9.17) is 4.74 Å². The third-order valence-electron chi connectivity index (χ3n) is 5.45. The molecular formula is C28H22N4O5. The number of non-ortho nitro benzene ring substituents is 1. The van der Waals surface area contributed by atoms with Crippen molar-refractivity contribution in [2.24, 2.45) is 5.10 Å². The molecule has 0 spiro atoms. The van der Waals surface area contributed by atoms with Gasteiger partial charge in [-0.15, -0.1) is 0 Å². The molecule has 2 N–H and O–H groups in total. The van der Waals surface area contributed by atoms with Crippen molar-refractivity contribution >= 4 is 40.6 Å². The second kappa shape index (κ2) is 11.4. The van der Waals surface area contributed by atoms with E-state index in [9.17, 15) is 19.7 Å². The number of nitro groups is 1. The molecule has 4 aromatic rings. The van der Waals surface area contributed by atoms with Crippen LogP contribution >= 0.6 is 0 Å². The summed E-state index contributed by atoms with van der Waals surface area (Å²) in [5, 5.41) is 19.5. The summed E-state index contributed by atoms with van der Waals surface area (Å²) in [6.07, 6.45) is 2.88. The van der Waals surface area contributed by atoms with Crippen LogP contribution in [0, 0.1) is 10.1 Å². The van der Waals surface area contributed by atoms with Crippen LogP contribution in [0.3, 0.4) is 0 Å². The van der Waals surface area contributed by atoms with Crippen LogP contribution in [0.25, 0.3) is 16.8 Å². The van der Waals surface area contributed by atoms with Gasteiger partial charge in [-0.05, 0) is 52.7 Å². The topological polar surface area (TPSA) is 123 Å². The number of hydrogen-bond donors (Lipinski definition) is 2. The number of benzene rings is 4. The van der Waals surface area contributed by atoms with E-state index in [1.54, 1.807) is 37.4 Å². The van der Waals surface area contributed by atoms with Crippen LogP contribution in [0.2, 0.25) is 0 Å². The van der Waals surface area contributed by atoms with Gasteiger partial charge in [0, 0.05) is 23.3 Å². The molecule has 2 amide bonds. The maximum absolute atomic E-state index is 13.1. The number of nitro benzene ring substituents is 1. The summed E-state index contributed by atoms with van der Waals surface area (Å²) in [5.41, 5.74) is 3.76. The molecule has 4 rings (SSSR count). The van der Waals surface area contributed by atoms with Gasteiger partial charge in [0.25, 0.3) is 17.5 Å². The molecule has 184 valence electrons. The summed E-state index contributed by atoms with van der Waals surface area (Å²) < 4.78 is 5.45. The lowest BCUT2D eigenvalue weighted by molar-refractivity contribution is -0.384. The standard InChI is InChI=1S/C28H22N4O5/c1-37-26-16-13-20-7-5-6-10-23(20)24(26)18-29-31-28(34)25(30-27(33)21-8-3-2-4-9-21)17-19-11-14-22(15-12-19)32(35)36/h2-18H,1H3,(H,30,33)(H,31,34)/b25-17+,29-18-. The van der Waals surface area contributed by atoms with Gasteiger partial charge in [-0.2, -0.15) is 5.10 Å². The molecule has 0 saturated heterocycles. The molecule has 0 unspecified atom stereocenters. The minimum absolute atomic E-state index is 0.0925. The molecule has 9 heteroatoms. The molecule has 0 aliphatic carbocycles. The predicted octanol–water partition coefficient (Wildman–Crippen LogP) is 4.68. The third kappa shape index (κ3) is 6.04. The third-order valence-corrected chi connectivity index (χ3v) is 5.45. The second-order valence-corrected chi connectivity index (χ2v) is 7.83. The molecule has 0 saturated carbocycles. The Labute approximate surface area is 212 Å². The van der Waals surface area contributed by atoms with Crippen LogP contribution in [0.4, 0.5) is 5.69 Å². The Morgan fingerprint density at radius 1 is 0.919 bits per heavy atom. The average Bonchev–Trinajstić information content (AvgIpc) is 2.93. The normalized spacial score (nSPS) is 11.3. The molecule has 0 aliphatic rings. The first-order valence-corrected chi connectivity index (χ1v) is 11.2. The minimum Gasteiger partial charge on any atom is -0.496 e. The van der Waals surface area contributed by atoms with E-state index < -0.39 is 16.7 Å². The monoisotopic (exact) mass is 494 g/mol. The van der Waals surface area contributed by atoms with Gasteiger partial charge in [0.15, 0.2) is 0 Å². The smallest absolute Gasteiger partial charge is 0.287 e. The highest BCUT2D eigenvalue weighted by Gasteiger charge is 2.15. The van der Waals surface area contributed by atoms with Gasteiger partial charge in [-0.1, -0.05) is 48.5 Å². The van der Waals surface area contributed by atoms with Gasteiger partial charge in [0.1, 0.15) is 11.4 Å². The van der Waals surface area contributed by atoms with E-state index in [2.05, 4.69) is 15.8 Å². The highest BCUT2D eigenvalue weighted by molar-refractivity contribution is 6.06. The van der Waals surface area contributed by atoms with Crippen molar-refractivity contribution in [3.63, 3.8) is 0 Å². The van der Waals surface area contributed by atoms with E-state index in [0.29, 0.717) is 22.4 Å². The Bertz CT molecular complexity index is 1510. The van der Waals surface area contributed by atoms with E-state index >= 15 is 0 Å². The Morgan fingerprint density at radius 2 is 1.62 bits per heavy atom. The largest absolute Gasteiger partial charge is 0.496 e. The van der Waals surface area contributed by atoms with Crippen molar-refractivity contribution in [2.75, 3.05) is 7.11 Å². The summed E-state index contributed by atoms with van der Waals surface area (Å²) >= 11 is 0. The Hall–Kier alpha value is -5.31. The number of methoxy groups -OCH3 is 1. The maximum atomic E-state index is 13.1. The van der Waals surface area contributed by atoms with E-state index in [1.165, 1.54) is 36.6 Å². The summed E-state index contributed by atoms with van der Waals surface area (Å²) in [4.78, 5) is 36.2. The van der Waals surface area contributed by atoms with Crippen LogP contribution in [0.15, 0.2) is 102 Å². The Morgan fingerprint density at radius 3 is 2.32 bits per heavy atom. The number of fused-ring (bicyclic) bond motifs is 1. The van der Waals surface area contributed by atoms with Crippen LogP contribution in [0.5, 0.6) is 5.75 Å². The molecule has 4 aromatic carbocycles. The summed E-state index contributed by atoms with van der Waals surface area (Å²) in [7, 11) is 1.55. The molecule has 0 atom stereocenters. The first kappa shape index (κ1) is 24.8. The van der Waals surface area contributed by atoms with Crippen LogP contribution in [-0.4, -0.2) is 30.1 Å². The highest BCUT2D eigenvalue weighted by atomic mass is 16.6. The zero-order valence-electron chi connectivity index (χ0n) is 19.8. The number of nitrogens with zero attached hydrogens (tertiary/aromatic N) is 2. The van der Waals surface area contributed by atoms with Crippen molar-refractivity contribution in [3.05, 3.63) is 123 Å². The summed E-state index contributed by atoms with van der Waals surface area (Å²) in [5.74, 6) is -0.600. The molecule has 0 bridgehead atoms. The van der Waals surface area contributed by atoms with Crippen LogP contribution in [0.1, 0.15) is 21.5 Å².